The first-order chi connectivity index (χ1) is 13.3. The normalized spacial score (nSPS) is 25.1. The number of halogens is 1. The monoisotopic (exact) mass is 436 g/mol. The summed E-state index contributed by atoms with van der Waals surface area (Å²) in [6.07, 6.45) is -0.303. The van der Waals surface area contributed by atoms with E-state index in [-0.39, 0.29) is 5.41 Å². The number of thioether (sulfide) groups is 1. The Hall–Kier alpha value is -1.07. The first-order valence-electron chi connectivity index (χ1n) is 9.11. The molecule has 1 fully saturated rings. The Morgan fingerprint density at radius 2 is 1.79 bits per heavy atom. The highest BCUT2D eigenvalue weighted by Gasteiger charge is 2.42. The van der Waals surface area contributed by atoms with E-state index in [2.05, 4.69) is 0 Å². The SMILES string of the molecule is CC1(C)COP(=O)(/C(=C2\CC(O)c3ccccc3S2)c2ccc(Cl)cc2)OC1. The van der Waals surface area contributed by atoms with Crippen LogP contribution in [0.25, 0.3) is 5.31 Å². The van der Waals surface area contributed by atoms with Gasteiger partial charge in [-0.15, -0.1) is 0 Å². The van der Waals surface area contributed by atoms with Crippen LogP contribution in [0, 0.1) is 5.41 Å². The Kier molecular flexibility index (Phi) is 5.51. The third-order valence-corrected chi connectivity index (χ3v) is 8.42. The second-order valence-corrected chi connectivity index (χ2v) is 11.4. The Balaban J connectivity index is 1.84. The minimum Gasteiger partial charge on any atom is -0.388 e. The molecule has 2 aliphatic rings. The Labute approximate surface area is 174 Å². The van der Waals surface area contributed by atoms with Gasteiger partial charge in [-0.1, -0.05) is 67.5 Å². The molecule has 0 amide bonds. The molecule has 1 saturated heterocycles. The van der Waals surface area contributed by atoms with Gasteiger partial charge in [-0.05, 0) is 29.3 Å². The molecule has 2 heterocycles. The molecule has 4 nitrogen and oxygen atoms in total. The lowest BCUT2D eigenvalue weighted by molar-refractivity contribution is 0.0467. The van der Waals surface area contributed by atoms with Crippen molar-refractivity contribution in [2.45, 2.75) is 31.3 Å². The van der Waals surface area contributed by atoms with Crippen molar-refractivity contribution in [1.82, 2.24) is 0 Å². The molecule has 0 radical (unpaired) electrons. The van der Waals surface area contributed by atoms with E-state index in [0.717, 1.165) is 20.9 Å². The van der Waals surface area contributed by atoms with Gasteiger partial charge in [-0.3, -0.25) is 4.57 Å². The van der Waals surface area contributed by atoms with E-state index >= 15 is 0 Å². The predicted octanol–water partition coefficient (Wildman–Crippen LogP) is 6.50. The van der Waals surface area contributed by atoms with Crippen molar-refractivity contribution in [3.63, 3.8) is 0 Å². The van der Waals surface area contributed by atoms with Gasteiger partial charge in [-0.2, -0.15) is 0 Å². The predicted molar refractivity (Wildman–Crippen MR) is 114 cm³/mol. The van der Waals surface area contributed by atoms with Crippen molar-refractivity contribution in [2.75, 3.05) is 13.2 Å². The molecule has 0 aliphatic carbocycles. The first kappa shape index (κ1) is 20.2. The van der Waals surface area contributed by atoms with Crippen LogP contribution < -0.4 is 0 Å². The van der Waals surface area contributed by atoms with Crippen LogP contribution in [0.2, 0.25) is 5.02 Å². The molecule has 4 rings (SSSR count). The Morgan fingerprint density at radius 1 is 1.14 bits per heavy atom. The summed E-state index contributed by atoms with van der Waals surface area (Å²) in [5, 5.41) is 11.8. The fourth-order valence-corrected chi connectivity index (χ4v) is 7.28. The zero-order valence-corrected chi connectivity index (χ0v) is 18.2. The summed E-state index contributed by atoms with van der Waals surface area (Å²) in [4.78, 5) is 1.75. The molecule has 2 aromatic rings. The van der Waals surface area contributed by atoms with Crippen LogP contribution in [-0.2, 0) is 13.6 Å². The van der Waals surface area contributed by atoms with Crippen molar-refractivity contribution in [2.24, 2.45) is 5.41 Å². The molecule has 0 spiro atoms. The third-order valence-electron chi connectivity index (χ3n) is 4.80. The molecule has 28 heavy (non-hydrogen) atoms. The maximum Gasteiger partial charge on any atom is 0.362 e. The number of aliphatic hydroxyl groups excluding tert-OH is 1. The molecule has 2 aliphatic heterocycles. The van der Waals surface area contributed by atoms with E-state index in [9.17, 15) is 9.67 Å². The van der Waals surface area contributed by atoms with Gasteiger partial charge in [0.1, 0.15) is 0 Å². The minimum absolute atomic E-state index is 0.199. The second-order valence-electron chi connectivity index (χ2n) is 7.85. The van der Waals surface area contributed by atoms with Gasteiger partial charge in [0.2, 0.25) is 0 Å². The number of hydrogen-bond donors (Lipinski definition) is 1. The van der Waals surface area contributed by atoms with Gasteiger partial charge in [0.25, 0.3) is 0 Å². The molecule has 1 N–H and O–H groups in total. The number of fused-ring (bicyclic) bond motifs is 1. The van der Waals surface area contributed by atoms with Crippen LogP contribution in [-0.4, -0.2) is 18.3 Å². The molecular weight excluding hydrogens is 415 g/mol. The number of benzene rings is 2. The molecule has 0 bridgehead atoms. The Morgan fingerprint density at radius 3 is 2.46 bits per heavy atom. The van der Waals surface area contributed by atoms with E-state index in [4.69, 9.17) is 20.6 Å². The molecular formula is C21H22ClO4PS. The molecule has 7 heteroatoms. The quantitative estimate of drug-likeness (QED) is 0.544. The summed E-state index contributed by atoms with van der Waals surface area (Å²) in [7, 11) is -3.54. The topological polar surface area (TPSA) is 55.8 Å². The average molecular weight is 437 g/mol. The van der Waals surface area contributed by atoms with E-state index in [0.29, 0.717) is 30.0 Å². The van der Waals surface area contributed by atoms with Crippen molar-refractivity contribution < 1.29 is 18.7 Å². The summed E-state index contributed by atoms with van der Waals surface area (Å²) in [5.41, 5.74) is 1.42. The zero-order valence-electron chi connectivity index (χ0n) is 15.7. The Bertz CT molecular complexity index is 957. The van der Waals surface area contributed by atoms with Gasteiger partial charge < -0.3 is 14.2 Å². The van der Waals surface area contributed by atoms with Crippen molar-refractivity contribution in [3.05, 3.63) is 69.6 Å². The van der Waals surface area contributed by atoms with Crippen LogP contribution in [0.3, 0.4) is 0 Å². The molecule has 1 unspecified atom stereocenters. The molecule has 0 saturated carbocycles. The summed E-state index contributed by atoms with van der Waals surface area (Å²) in [6, 6.07) is 14.9. The summed E-state index contributed by atoms with van der Waals surface area (Å²) in [5.74, 6) is 0. The molecule has 1 atom stereocenters. The summed E-state index contributed by atoms with van der Waals surface area (Å²) < 4.78 is 25.5. The van der Waals surface area contributed by atoms with Crippen molar-refractivity contribution in [3.8, 4) is 0 Å². The van der Waals surface area contributed by atoms with Crippen LogP contribution in [0.15, 0.2) is 58.3 Å². The van der Waals surface area contributed by atoms with Crippen LogP contribution in [0.5, 0.6) is 0 Å². The fraction of sp³-hybridized carbons (Fsp3) is 0.333. The lowest BCUT2D eigenvalue weighted by Crippen LogP contribution is -2.29. The van der Waals surface area contributed by atoms with Gasteiger partial charge in [0.15, 0.2) is 0 Å². The molecule has 2 aromatic carbocycles. The largest absolute Gasteiger partial charge is 0.388 e. The molecule has 0 aromatic heterocycles. The summed E-state index contributed by atoms with van der Waals surface area (Å²) >= 11 is 7.57. The standard InChI is InChI=1S/C21H22ClO4PS/c1-21(2)12-25-27(24,26-13-21)20(14-7-9-15(22)10-8-14)19-11-17(23)16-5-3-4-6-18(16)28-19/h3-10,17,23H,11-13H2,1-2H3/b20-19+. The zero-order chi connectivity index (χ0) is 19.9. The average Bonchev–Trinajstić information content (AvgIpc) is 2.67. The van der Waals surface area contributed by atoms with E-state index in [1.165, 1.54) is 11.8 Å². The van der Waals surface area contributed by atoms with Crippen LogP contribution in [0.4, 0.5) is 0 Å². The van der Waals surface area contributed by atoms with E-state index in [1.807, 2.05) is 50.2 Å². The lowest BCUT2D eigenvalue weighted by Gasteiger charge is -2.36. The number of hydrogen-bond acceptors (Lipinski definition) is 5. The highest BCUT2D eigenvalue weighted by atomic mass is 35.5. The van der Waals surface area contributed by atoms with E-state index in [1.54, 1.807) is 12.1 Å². The fourth-order valence-electron chi connectivity index (χ4n) is 3.26. The van der Waals surface area contributed by atoms with E-state index < -0.39 is 13.7 Å². The third kappa shape index (κ3) is 3.97. The van der Waals surface area contributed by atoms with Gasteiger partial charge in [-0.25, -0.2) is 0 Å². The maximum atomic E-state index is 13.8. The lowest BCUT2D eigenvalue weighted by atomic mass is 9.97. The highest BCUT2D eigenvalue weighted by molar-refractivity contribution is 8.03. The smallest absolute Gasteiger partial charge is 0.362 e. The van der Waals surface area contributed by atoms with Crippen LogP contribution in [0.1, 0.15) is 37.5 Å². The maximum absolute atomic E-state index is 13.8. The number of rotatable bonds is 2. The summed E-state index contributed by atoms with van der Waals surface area (Å²) in [6.45, 7) is 4.72. The van der Waals surface area contributed by atoms with Gasteiger partial charge >= 0.3 is 7.60 Å². The highest BCUT2D eigenvalue weighted by Crippen LogP contribution is 2.67. The number of aliphatic hydroxyl groups is 1. The van der Waals surface area contributed by atoms with Gasteiger partial charge in [0.05, 0.1) is 24.6 Å². The molecule has 148 valence electrons. The minimum atomic E-state index is -3.54. The van der Waals surface area contributed by atoms with Crippen molar-refractivity contribution >= 4 is 36.3 Å². The first-order valence-corrected chi connectivity index (χ1v) is 11.8. The van der Waals surface area contributed by atoms with Crippen LogP contribution >= 0.6 is 31.0 Å². The van der Waals surface area contributed by atoms with Crippen molar-refractivity contribution in [1.29, 1.82) is 0 Å². The second kappa shape index (κ2) is 7.64. The van der Waals surface area contributed by atoms with Gasteiger partial charge in [0, 0.05) is 26.7 Å².